The molecule has 3 nitrogen and oxygen atoms in total. The van der Waals surface area contributed by atoms with Gasteiger partial charge in [0.2, 0.25) is 0 Å². The average molecular weight is 271 g/mol. The molecule has 0 saturated heterocycles. The fourth-order valence-electron chi connectivity index (χ4n) is 1.68. The number of benzene rings is 2. The number of carbonyl (C=O) groups is 1. The first-order valence-electron chi connectivity index (χ1n) is 6.11. The van der Waals surface area contributed by atoms with Crippen LogP contribution in [0.5, 0.6) is 5.75 Å². The maximum Gasteiger partial charge on any atom is 0.258 e. The molecule has 2 aromatic carbocycles. The van der Waals surface area contributed by atoms with E-state index in [1.165, 1.54) is 18.2 Å². The van der Waals surface area contributed by atoms with E-state index in [2.05, 4.69) is 11.9 Å². The monoisotopic (exact) mass is 271 g/mol. The molecule has 0 aliphatic carbocycles. The van der Waals surface area contributed by atoms with Crippen LogP contribution in [0.15, 0.2) is 61.2 Å². The summed E-state index contributed by atoms with van der Waals surface area (Å²) in [5, 5.41) is 2.64. The van der Waals surface area contributed by atoms with Crippen LogP contribution in [-0.2, 0) is 0 Å². The van der Waals surface area contributed by atoms with Gasteiger partial charge in [-0.3, -0.25) is 4.79 Å². The Morgan fingerprint density at radius 3 is 2.65 bits per heavy atom. The van der Waals surface area contributed by atoms with Gasteiger partial charge < -0.3 is 10.1 Å². The molecule has 4 heteroatoms. The highest BCUT2D eigenvalue weighted by Crippen LogP contribution is 2.24. The smallest absolute Gasteiger partial charge is 0.258 e. The number of ether oxygens (including phenoxy) is 1. The number of amides is 1. The molecule has 1 N–H and O–H groups in total. The van der Waals surface area contributed by atoms with E-state index in [4.69, 9.17) is 4.74 Å². The van der Waals surface area contributed by atoms with Gasteiger partial charge in [-0.05, 0) is 24.3 Å². The molecule has 0 unspecified atom stereocenters. The fraction of sp³-hybridized carbons (Fsp3) is 0.0625. The summed E-state index contributed by atoms with van der Waals surface area (Å²) in [5.74, 6) is -0.565. The van der Waals surface area contributed by atoms with Crippen LogP contribution in [0, 0.1) is 5.82 Å². The summed E-state index contributed by atoms with van der Waals surface area (Å²) in [5.41, 5.74) is 0.480. The topological polar surface area (TPSA) is 38.3 Å². The minimum atomic E-state index is -0.561. The SMILES string of the molecule is C=CCOc1ccccc1NC(=O)c1ccccc1F. The molecule has 0 saturated carbocycles. The van der Waals surface area contributed by atoms with E-state index >= 15 is 0 Å². The molecule has 2 rings (SSSR count). The summed E-state index contributed by atoms with van der Waals surface area (Å²) in [6.45, 7) is 3.89. The number of rotatable bonds is 5. The number of hydrogen-bond acceptors (Lipinski definition) is 2. The third kappa shape index (κ3) is 3.23. The fourth-order valence-corrected chi connectivity index (χ4v) is 1.68. The molecule has 20 heavy (non-hydrogen) atoms. The molecule has 0 atom stereocenters. The largest absolute Gasteiger partial charge is 0.487 e. The van der Waals surface area contributed by atoms with Gasteiger partial charge in [0.05, 0.1) is 11.3 Å². The van der Waals surface area contributed by atoms with E-state index in [0.717, 1.165) is 0 Å². The Balaban J connectivity index is 2.20. The molecular formula is C16H14FNO2. The third-order valence-electron chi connectivity index (χ3n) is 2.61. The molecule has 0 bridgehead atoms. The normalized spacial score (nSPS) is 9.85. The van der Waals surface area contributed by atoms with Crippen LogP contribution in [0.4, 0.5) is 10.1 Å². The second-order valence-corrected chi connectivity index (χ2v) is 4.03. The van der Waals surface area contributed by atoms with Gasteiger partial charge in [0.1, 0.15) is 18.2 Å². The molecule has 0 radical (unpaired) electrons. The Kier molecular flexibility index (Phi) is 4.50. The minimum Gasteiger partial charge on any atom is -0.487 e. The molecular weight excluding hydrogens is 257 g/mol. The molecule has 0 aromatic heterocycles. The van der Waals surface area contributed by atoms with Crippen molar-refractivity contribution < 1.29 is 13.9 Å². The third-order valence-corrected chi connectivity index (χ3v) is 2.61. The van der Waals surface area contributed by atoms with Gasteiger partial charge >= 0.3 is 0 Å². The zero-order valence-electron chi connectivity index (χ0n) is 10.8. The van der Waals surface area contributed by atoms with Crippen LogP contribution in [-0.4, -0.2) is 12.5 Å². The van der Waals surface area contributed by atoms with Crippen LogP contribution in [0.25, 0.3) is 0 Å². The lowest BCUT2D eigenvalue weighted by Gasteiger charge is -2.11. The van der Waals surface area contributed by atoms with E-state index in [0.29, 0.717) is 18.0 Å². The maximum atomic E-state index is 13.5. The van der Waals surface area contributed by atoms with Crippen molar-refractivity contribution in [2.75, 3.05) is 11.9 Å². The van der Waals surface area contributed by atoms with Gasteiger partial charge in [0, 0.05) is 0 Å². The predicted octanol–water partition coefficient (Wildman–Crippen LogP) is 3.64. The van der Waals surface area contributed by atoms with Crippen molar-refractivity contribution >= 4 is 11.6 Å². The standard InChI is InChI=1S/C16H14FNO2/c1-2-11-20-15-10-6-5-9-14(15)18-16(19)12-7-3-4-8-13(12)17/h2-10H,1,11H2,(H,18,19). The summed E-state index contributed by atoms with van der Waals surface area (Å²) in [6.07, 6.45) is 1.61. The number of para-hydroxylation sites is 2. The number of carbonyl (C=O) groups excluding carboxylic acids is 1. The number of hydrogen-bond donors (Lipinski definition) is 1. The Morgan fingerprint density at radius 2 is 1.90 bits per heavy atom. The van der Waals surface area contributed by atoms with Crippen molar-refractivity contribution in [1.29, 1.82) is 0 Å². The Labute approximate surface area is 116 Å². The summed E-state index contributed by atoms with van der Waals surface area (Å²) in [4.78, 5) is 12.0. The minimum absolute atomic E-state index is 0.00831. The van der Waals surface area contributed by atoms with Crippen LogP contribution in [0.2, 0.25) is 0 Å². The summed E-state index contributed by atoms with van der Waals surface area (Å²) in [6, 6.07) is 12.8. The molecule has 0 fully saturated rings. The first kappa shape index (κ1) is 13.8. The first-order chi connectivity index (χ1) is 9.72. The molecule has 0 heterocycles. The van der Waals surface area contributed by atoms with Gasteiger partial charge in [-0.15, -0.1) is 0 Å². The van der Waals surface area contributed by atoms with E-state index in [9.17, 15) is 9.18 Å². The lowest BCUT2D eigenvalue weighted by Crippen LogP contribution is -2.14. The van der Waals surface area contributed by atoms with Gasteiger partial charge in [-0.2, -0.15) is 0 Å². The lowest BCUT2D eigenvalue weighted by atomic mass is 10.2. The molecule has 0 spiro atoms. The van der Waals surface area contributed by atoms with E-state index in [1.807, 2.05) is 0 Å². The second-order valence-electron chi connectivity index (χ2n) is 4.03. The van der Waals surface area contributed by atoms with Crippen LogP contribution in [0.1, 0.15) is 10.4 Å². The number of anilines is 1. The second kappa shape index (κ2) is 6.52. The Bertz CT molecular complexity index is 625. The van der Waals surface area contributed by atoms with E-state index in [-0.39, 0.29) is 5.56 Å². The van der Waals surface area contributed by atoms with E-state index < -0.39 is 11.7 Å². The quantitative estimate of drug-likeness (QED) is 0.843. The first-order valence-corrected chi connectivity index (χ1v) is 6.11. The zero-order chi connectivity index (χ0) is 14.4. The highest BCUT2D eigenvalue weighted by molar-refractivity contribution is 6.05. The molecule has 0 aliphatic rings. The van der Waals surface area contributed by atoms with E-state index in [1.54, 1.807) is 36.4 Å². The van der Waals surface area contributed by atoms with Crippen LogP contribution >= 0.6 is 0 Å². The number of nitrogens with one attached hydrogen (secondary N) is 1. The van der Waals surface area contributed by atoms with Gasteiger partial charge in [0.25, 0.3) is 5.91 Å². The zero-order valence-corrected chi connectivity index (χ0v) is 10.8. The van der Waals surface area contributed by atoms with Crippen molar-refractivity contribution in [2.24, 2.45) is 0 Å². The lowest BCUT2D eigenvalue weighted by molar-refractivity contribution is 0.102. The average Bonchev–Trinajstić information content (AvgIpc) is 2.46. The predicted molar refractivity (Wildman–Crippen MR) is 76.5 cm³/mol. The van der Waals surface area contributed by atoms with Gasteiger partial charge in [-0.25, -0.2) is 4.39 Å². The van der Waals surface area contributed by atoms with Crippen molar-refractivity contribution in [3.8, 4) is 5.75 Å². The van der Waals surface area contributed by atoms with Gasteiger partial charge in [-0.1, -0.05) is 36.9 Å². The van der Waals surface area contributed by atoms with Crippen LogP contribution in [0.3, 0.4) is 0 Å². The van der Waals surface area contributed by atoms with Crippen molar-refractivity contribution in [3.63, 3.8) is 0 Å². The maximum absolute atomic E-state index is 13.5. The molecule has 1 amide bonds. The highest BCUT2D eigenvalue weighted by atomic mass is 19.1. The Morgan fingerprint density at radius 1 is 1.20 bits per heavy atom. The van der Waals surface area contributed by atoms with Crippen molar-refractivity contribution in [1.82, 2.24) is 0 Å². The molecule has 2 aromatic rings. The van der Waals surface area contributed by atoms with Gasteiger partial charge in [0.15, 0.2) is 0 Å². The Hall–Kier alpha value is -2.62. The summed E-state index contributed by atoms with van der Waals surface area (Å²) in [7, 11) is 0. The summed E-state index contributed by atoms with van der Waals surface area (Å²) < 4.78 is 19.0. The molecule has 102 valence electrons. The van der Waals surface area contributed by atoms with Crippen molar-refractivity contribution in [2.45, 2.75) is 0 Å². The summed E-state index contributed by atoms with van der Waals surface area (Å²) >= 11 is 0. The highest BCUT2D eigenvalue weighted by Gasteiger charge is 2.12. The molecule has 0 aliphatic heterocycles. The van der Waals surface area contributed by atoms with Crippen molar-refractivity contribution in [3.05, 3.63) is 72.6 Å². The number of halogens is 1. The van der Waals surface area contributed by atoms with Crippen LogP contribution < -0.4 is 10.1 Å².